The third-order valence-corrected chi connectivity index (χ3v) is 7.29. The molecule has 30 heavy (non-hydrogen) atoms. The normalized spacial score (nSPS) is 23.8. The number of nitrogens with one attached hydrogen (secondary N) is 1. The van der Waals surface area contributed by atoms with E-state index in [2.05, 4.69) is 10.2 Å². The molecule has 1 aliphatic carbocycles. The number of piperidine rings is 1. The molecule has 1 atom stereocenters. The Morgan fingerprint density at radius 1 is 1.07 bits per heavy atom. The second kappa shape index (κ2) is 9.94. The van der Waals surface area contributed by atoms with Gasteiger partial charge in [0.1, 0.15) is 0 Å². The minimum atomic E-state index is 0.0711. The Hall–Kier alpha value is -1.89. The molecular weight excluding hydrogens is 380 g/mol. The molecule has 0 aromatic carbocycles. The third-order valence-electron chi connectivity index (χ3n) is 7.29. The monoisotopic (exact) mass is 416 g/mol. The van der Waals surface area contributed by atoms with Crippen LogP contribution in [-0.2, 0) is 22.4 Å². The van der Waals surface area contributed by atoms with Gasteiger partial charge in [-0.05, 0) is 57.3 Å². The number of fused-ring (bicyclic) bond motifs is 1. The summed E-state index contributed by atoms with van der Waals surface area (Å²) in [5, 5.41) is 7.52. The Bertz CT molecular complexity index is 739. The van der Waals surface area contributed by atoms with Crippen LogP contribution in [0.5, 0.6) is 0 Å². The van der Waals surface area contributed by atoms with Crippen LogP contribution < -0.4 is 0 Å². The van der Waals surface area contributed by atoms with E-state index in [1.165, 1.54) is 12.8 Å². The topological polar surface area (TPSA) is 78.5 Å². The highest BCUT2D eigenvalue weighted by Gasteiger charge is 2.36. The Kier molecular flexibility index (Phi) is 7.08. The lowest BCUT2D eigenvalue weighted by Gasteiger charge is -2.36. The maximum atomic E-state index is 13.2. The molecule has 7 heteroatoms. The van der Waals surface area contributed by atoms with Gasteiger partial charge in [0.05, 0.1) is 6.61 Å². The zero-order valence-corrected chi connectivity index (χ0v) is 18.3. The van der Waals surface area contributed by atoms with Crippen molar-refractivity contribution < 1.29 is 14.3 Å². The van der Waals surface area contributed by atoms with Crippen molar-refractivity contribution in [3.8, 4) is 0 Å². The molecule has 2 saturated heterocycles. The number of rotatable bonds is 5. The summed E-state index contributed by atoms with van der Waals surface area (Å²) < 4.78 is 5.19. The minimum Gasteiger partial charge on any atom is -0.383 e. The van der Waals surface area contributed by atoms with Crippen LogP contribution in [0.15, 0.2) is 0 Å². The first-order valence-electron chi connectivity index (χ1n) is 11.8. The largest absolute Gasteiger partial charge is 0.383 e. The van der Waals surface area contributed by atoms with E-state index in [1.807, 2.05) is 9.80 Å². The van der Waals surface area contributed by atoms with Crippen molar-refractivity contribution in [3.05, 3.63) is 17.0 Å². The Labute approximate surface area is 179 Å². The molecule has 3 heterocycles. The van der Waals surface area contributed by atoms with E-state index in [1.54, 1.807) is 7.11 Å². The maximum absolute atomic E-state index is 13.2. The Morgan fingerprint density at radius 3 is 2.67 bits per heavy atom. The number of likely N-dealkylation sites (tertiary alicyclic amines) is 2. The molecule has 4 rings (SSSR count). The summed E-state index contributed by atoms with van der Waals surface area (Å²) in [6.07, 6.45) is 10.5. The molecule has 0 bridgehead atoms. The Morgan fingerprint density at radius 2 is 1.87 bits per heavy atom. The zero-order valence-electron chi connectivity index (χ0n) is 18.3. The lowest BCUT2D eigenvalue weighted by molar-refractivity contribution is -0.137. The van der Waals surface area contributed by atoms with Crippen molar-refractivity contribution in [2.45, 2.75) is 64.2 Å². The molecule has 2 amide bonds. The van der Waals surface area contributed by atoms with Crippen LogP contribution in [0.25, 0.3) is 0 Å². The number of nitrogens with zero attached hydrogens (tertiary/aromatic N) is 3. The standard InChI is InChI=1S/C23H36N4O3/c1-30-16-15-26-12-6-5-7-18(22(26)28)17-10-13-27(14-11-17)23(29)21-19-8-3-2-4-9-20(19)24-25-21/h17-18H,2-16H2,1H3,(H,24,25). The molecule has 1 N–H and O–H groups in total. The molecular formula is C23H36N4O3. The first-order valence-corrected chi connectivity index (χ1v) is 11.8. The second-order valence-corrected chi connectivity index (χ2v) is 9.14. The van der Waals surface area contributed by atoms with Crippen LogP contribution in [0.3, 0.4) is 0 Å². The van der Waals surface area contributed by atoms with Crippen molar-refractivity contribution in [1.29, 1.82) is 0 Å². The van der Waals surface area contributed by atoms with Crippen LogP contribution in [0.2, 0.25) is 0 Å². The average molecular weight is 417 g/mol. The quantitative estimate of drug-likeness (QED) is 0.749. The Balaban J connectivity index is 1.37. The summed E-state index contributed by atoms with van der Waals surface area (Å²) in [7, 11) is 1.69. The lowest BCUT2D eigenvalue weighted by atomic mass is 9.81. The van der Waals surface area contributed by atoms with Gasteiger partial charge in [-0.15, -0.1) is 0 Å². The van der Waals surface area contributed by atoms with Crippen LogP contribution >= 0.6 is 0 Å². The fourth-order valence-electron chi connectivity index (χ4n) is 5.49. The molecule has 0 radical (unpaired) electrons. The molecule has 1 aromatic heterocycles. The van der Waals surface area contributed by atoms with Gasteiger partial charge in [0.2, 0.25) is 5.91 Å². The van der Waals surface area contributed by atoms with Crippen LogP contribution in [0.4, 0.5) is 0 Å². The summed E-state index contributed by atoms with van der Waals surface area (Å²) in [6.45, 7) is 3.59. The minimum absolute atomic E-state index is 0.0711. The van der Waals surface area contributed by atoms with Gasteiger partial charge in [-0.2, -0.15) is 5.10 Å². The maximum Gasteiger partial charge on any atom is 0.274 e. The summed E-state index contributed by atoms with van der Waals surface area (Å²) in [4.78, 5) is 30.3. The van der Waals surface area contributed by atoms with E-state index in [4.69, 9.17) is 4.74 Å². The molecule has 7 nitrogen and oxygen atoms in total. The summed E-state index contributed by atoms with van der Waals surface area (Å²) >= 11 is 0. The van der Waals surface area contributed by atoms with Crippen molar-refractivity contribution in [3.63, 3.8) is 0 Å². The molecule has 1 unspecified atom stereocenters. The number of amides is 2. The van der Waals surface area contributed by atoms with Gasteiger partial charge in [0.25, 0.3) is 5.91 Å². The zero-order chi connectivity index (χ0) is 20.9. The fraction of sp³-hybridized carbons (Fsp3) is 0.783. The highest BCUT2D eigenvalue weighted by molar-refractivity contribution is 5.94. The van der Waals surface area contributed by atoms with Gasteiger partial charge in [-0.1, -0.05) is 12.8 Å². The van der Waals surface area contributed by atoms with E-state index in [-0.39, 0.29) is 11.8 Å². The van der Waals surface area contributed by atoms with Gasteiger partial charge in [0.15, 0.2) is 5.69 Å². The predicted molar refractivity (Wildman–Crippen MR) is 114 cm³/mol. The highest BCUT2D eigenvalue weighted by Crippen LogP contribution is 2.33. The van der Waals surface area contributed by atoms with E-state index >= 15 is 0 Å². The summed E-state index contributed by atoms with van der Waals surface area (Å²) in [6, 6.07) is 0. The third kappa shape index (κ3) is 4.56. The molecule has 0 saturated carbocycles. The number of carbonyl (C=O) groups is 2. The number of methoxy groups -OCH3 is 1. The summed E-state index contributed by atoms with van der Waals surface area (Å²) in [5.74, 6) is 0.845. The number of hydrogen-bond donors (Lipinski definition) is 1. The number of ether oxygens (including phenoxy) is 1. The van der Waals surface area contributed by atoms with E-state index in [0.717, 1.165) is 82.3 Å². The van der Waals surface area contributed by atoms with Crippen molar-refractivity contribution in [2.75, 3.05) is 39.9 Å². The predicted octanol–water partition coefficient (Wildman–Crippen LogP) is 2.81. The van der Waals surface area contributed by atoms with Crippen LogP contribution in [0.1, 0.15) is 73.1 Å². The first kappa shape index (κ1) is 21.3. The second-order valence-electron chi connectivity index (χ2n) is 9.14. The number of aryl methyl sites for hydroxylation is 1. The molecule has 2 aliphatic heterocycles. The molecule has 2 fully saturated rings. The molecule has 0 spiro atoms. The number of aromatic amines is 1. The smallest absolute Gasteiger partial charge is 0.274 e. The van der Waals surface area contributed by atoms with Gasteiger partial charge in [0, 0.05) is 50.5 Å². The van der Waals surface area contributed by atoms with Crippen LogP contribution in [-0.4, -0.2) is 71.7 Å². The molecule has 3 aliphatic rings. The fourth-order valence-corrected chi connectivity index (χ4v) is 5.49. The van der Waals surface area contributed by atoms with E-state index in [9.17, 15) is 9.59 Å². The number of carbonyl (C=O) groups excluding carboxylic acids is 2. The average Bonchev–Trinajstić information content (AvgIpc) is 2.91. The van der Waals surface area contributed by atoms with Crippen LogP contribution in [0, 0.1) is 11.8 Å². The van der Waals surface area contributed by atoms with Crippen molar-refractivity contribution >= 4 is 11.8 Å². The molecule has 166 valence electrons. The van der Waals surface area contributed by atoms with Crippen molar-refractivity contribution in [1.82, 2.24) is 20.0 Å². The SMILES string of the molecule is COCCN1CCCCC(C2CCN(C(=O)c3n[nH]c4c3CCCCC4)CC2)C1=O. The lowest BCUT2D eigenvalue weighted by Crippen LogP contribution is -2.44. The number of hydrogen-bond acceptors (Lipinski definition) is 4. The number of aromatic nitrogens is 2. The van der Waals surface area contributed by atoms with Gasteiger partial charge >= 0.3 is 0 Å². The summed E-state index contributed by atoms with van der Waals surface area (Å²) in [5.41, 5.74) is 2.94. The van der Waals surface area contributed by atoms with E-state index in [0.29, 0.717) is 30.7 Å². The van der Waals surface area contributed by atoms with Gasteiger partial charge < -0.3 is 14.5 Å². The van der Waals surface area contributed by atoms with E-state index < -0.39 is 0 Å². The molecule has 1 aromatic rings. The first-order chi connectivity index (χ1) is 14.7. The van der Waals surface area contributed by atoms with Gasteiger partial charge in [-0.25, -0.2) is 0 Å². The highest BCUT2D eigenvalue weighted by atomic mass is 16.5. The number of H-pyrrole nitrogens is 1. The van der Waals surface area contributed by atoms with Crippen molar-refractivity contribution in [2.24, 2.45) is 11.8 Å². The van der Waals surface area contributed by atoms with Gasteiger partial charge in [-0.3, -0.25) is 14.7 Å².